The van der Waals surface area contributed by atoms with Crippen LogP contribution in [0.15, 0.2) is 32.5 Å². The lowest BCUT2D eigenvalue weighted by Crippen LogP contribution is -2.37. The van der Waals surface area contributed by atoms with Crippen molar-refractivity contribution in [2.75, 3.05) is 23.4 Å². The van der Waals surface area contributed by atoms with Crippen LogP contribution in [0.2, 0.25) is 0 Å². The highest BCUT2D eigenvalue weighted by atomic mass is 79.9. The van der Waals surface area contributed by atoms with Gasteiger partial charge in [-0.25, -0.2) is 4.98 Å². The van der Waals surface area contributed by atoms with Gasteiger partial charge >= 0.3 is 6.18 Å². The van der Waals surface area contributed by atoms with E-state index in [-0.39, 0.29) is 11.4 Å². The van der Waals surface area contributed by atoms with E-state index in [2.05, 4.69) is 20.9 Å². The number of nitrogens with zero attached hydrogens (tertiary/aromatic N) is 3. The molecular weight excluding hydrogens is 449 g/mol. The third-order valence-corrected chi connectivity index (χ3v) is 5.03. The number of amides is 1. The molecule has 2 aromatic heterocycles. The second kappa shape index (κ2) is 7.93. The molecule has 2 rings (SSSR count). The van der Waals surface area contributed by atoms with Gasteiger partial charge in [0, 0.05) is 29.7 Å². The molecule has 2 N–H and O–H groups in total. The molecule has 27 heavy (non-hydrogen) atoms. The molecule has 0 aromatic carbocycles. The number of carbonyl (C=O) groups is 1. The summed E-state index contributed by atoms with van der Waals surface area (Å²) in [7, 11) is 2.25. The lowest BCUT2D eigenvalue weighted by atomic mass is 10.2. The van der Waals surface area contributed by atoms with Crippen LogP contribution < -0.4 is 16.2 Å². The number of rotatable bonds is 4. The summed E-state index contributed by atoms with van der Waals surface area (Å²) in [5.41, 5.74) is 2.76. The SMILES string of the molecule is CCSc1cc(Br)cnc1C(=O)N(C)c1c(N)cc(C(F)(F)F)n(C)c1=O. The van der Waals surface area contributed by atoms with Crippen LogP contribution in [0.5, 0.6) is 0 Å². The third kappa shape index (κ3) is 4.29. The second-order valence-corrected chi connectivity index (χ2v) is 7.71. The van der Waals surface area contributed by atoms with Gasteiger partial charge in [0.15, 0.2) is 0 Å². The fourth-order valence-electron chi connectivity index (χ4n) is 2.42. The average molecular weight is 465 g/mol. The van der Waals surface area contributed by atoms with Crippen molar-refractivity contribution in [2.24, 2.45) is 7.05 Å². The maximum absolute atomic E-state index is 13.0. The van der Waals surface area contributed by atoms with Crippen molar-refractivity contribution in [3.8, 4) is 0 Å². The summed E-state index contributed by atoms with van der Waals surface area (Å²) in [5.74, 6) is 0.0220. The van der Waals surface area contributed by atoms with E-state index in [4.69, 9.17) is 5.73 Å². The molecule has 0 fully saturated rings. The number of hydrogen-bond acceptors (Lipinski definition) is 5. The van der Waals surface area contributed by atoms with Crippen LogP contribution in [0.4, 0.5) is 24.5 Å². The van der Waals surface area contributed by atoms with E-state index in [1.807, 2.05) is 6.92 Å². The van der Waals surface area contributed by atoms with E-state index in [0.717, 1.165) is 11.9 Å². The van der Waals surface area contributed by atoms with E-state index in [1.165, 1.54) is 25.0 Å². The fraction of sp³-hybridized carbons (Fsp3) is 0.312. The largest absolute Gasteiger partial charge is 0.431 e. The molecule has 0 aliphatic heterocycles. The molecule has 0 saturated carbocycles. The number of nitrogen functional groups attached to an aromatic ring is 1. The number of hydrogen-bond donors (Lipinski definition) is 1. The van der Waals surface area contributed by atoms with Crippen LogP contribution >= 0.6 is 27.7 Å². The maximum Gasteiger partial charge on any atom is 0.431 e. The summed E-state index contributed by atoms with van der Waals surface area (Å²) in [6.07, 6.45) is -3.32. The minimum Gasteiger partial charge on any atom is -0.397 e. The molecule has 0 aliphatic rings. The van der Waals surface area contributed by atoms with E-state index in [1.54, 1.807) is 6.07 Å². The zero-order valence-electron chi connectivity index (χ0n) is 14.6. The highest BCUT2D eigenvalue weighted by molar-refractivity contribution is 9.10. The van der Waals surface area contributed by atoms with Gasteiger partial charge in [0.25, 0.3) is 11.5 Å². The Morgan fingerprint density at radius 1 is 1.41 bits per heavy atom. The summed E-state index contributed by atoms with van der Waals surface area (Å²) in [4.78, 5) is 30.9. The number of aromatic nitrogens is 2. The smallest absolute Gasteiger partial charge is 0.397 e. The van der Waals surface area contributed by atoms with Crippen LogP contribution in [0.25, 0.3) is 0 Å². The quantitative estimate of drug-likeness (QED) is 0.699. The first-order chi connectivity index (χ1) is 12.5. The molecule has 0 spiro atoms. The van der Waals surface area contributed by atoms with Gasteiger partial charge in [0.2, 0.25) is 0 Å². The molecule has 0 bridgehead atoms. The van der Waals surface area contributed by atoms with Crippen LogP contribution in [0.1, 0.15) is 23.1 Å². The molecule has 1 amide bonds. The monoisotopic (exact) mass is 464 g/mol. The number of pyridine rings is 2. The van der Waals surface area contributed by atoms with Crippen LogP contribution in [-0.4, -0.2) is 28.3 Å². The zero-order chi connectivity index (χ0) is 20.5. The Morgan fingerprint density at radius 3 is 2.59 bits per heavy atom. The van der Waals surface area contributed by atoms with Crippen molar-refractivity contribution in [3.05, 3.63) is 44.5 Å². The van der Waals surface area contributed by atoms with Crippen molar-refractivity contribution < 1.29 is 18.0 Å². The number of thioether (sulfide) groups is 1. The molecular formula is C16H16BrF3N4O2S. The summed E-state index contributed by atoms with van der Waals surface area (Å²) in [6.45, 7) is 1.90. The fourth-order valence-corrected chi connectivity index (χ4v) is 3.70. The predicted molar refractivity (Wildman–Crippen MR) is 102 cm³/mol. The van der Waals surface area contributed by atoms with E-state index >= 15 is 0 Å². The van der Waals surface area contributed by atoms with Crippen molar-refractivity contribution >= 4 is 45.0 Å². The molecule has 6 nitrogen and oxygen atoms in total. The van der Waals surface area contributed by atoms with Gasteiger partial charge in [-0.05, 0) is 33.8 Å². The highest BCUT2D eigenvalue weighted by Gasteiger charge is 2.36. The predicted octanol–water partition coefficient (Wildman–Crippen LogP) is 3.53. The molecule has 0 saturated heterocycles. The van der Waals surface area contributed by atoms with Gasteiger partial charge in [-0.3, -0.25) is 9.59 Å². The first-order valence-corrected chi connectivity index (χ1v) is 9.40. The molecule has 2 heterocycles. The van der Waals surface area contributed by atoms with E-state index in [9.17, 15) is 22.8 Å². The van der Waals surface area contributed by atoms with Crippen molar-refractivity contribution in [2.45, 2.75) is 18.0 Å². The van der Waals surface area contributed by atoms with Gasteiger partial charge in [-0.1, -0.05) is 6.92 Å². The normalized spacial score (nSPS) is 11.5. The minimum atomic E-state index is -4.75. The third-order valence-electron chi connectivity index (χ3n) is 3.69. The number of alkyl halides is 3. The minimum absolute atomic E-state index is 0.0777. The molecule has 0 aliphatic carbocycles. The van der Waals surface area contributed by atoms with Crippen molar-refractivity contribution in [1.82, 2.24) is 9.55 Å². The van der Waals surface area contributed by atoms with Gasteiger partial charge in [-0.2, -0.15) is 13.2 Å². The summed E-state index contributed by atoms with van der Waals surface area (Å²) >= 11 is 4.65. The zero-order valence-corrected chi connectivity index (χ0v) is 17.0. The summed E-state index contributed by atoms with van der Waals surface area (Å²) in [5, 5.41) is 0. The van der Waals surface area contributed by atoms with Crippen LogP contribution in [0, 0.1) is 0 Å². The lowest BCUT2D eigenvalue weighted by Gasteiger charge is -2.22. The maximum atomic E-state index is 13.0. The molecule has 0 atom stereocenters. The standard InChI is InChI=1S/C16H16BrF3N4O2S/c1-4-27-10-5-8(17)7-22-12(10)14(25)24(3)13-9(21)6-11(16(18,19)20)23(2)15(13)26/h5-7H,4,21H2,1-3H3. The first kappa shape index (κ1) is 21.3. The van der Waals surface area contributed by atoms with Gasteiger partial charge in [-0.15, -0.1) is 11.8 Å². The van der Waals surface area contributed by atoms with Gasteiger partial charge in [0.1, 0.15) is 17.1 Å². The molecule has 0 unspecified atom stereocenters. The van der Waals surface area contributed by atoms with Crippen molar-refractivity contribution in [1.29, 1.82) is 0 Å². The van der Waals surface area contributed by atoms with Gasteiger partial charge < -0.3 is 15.2 Å². The Kier molecular flexibility index (Phi) is 6.25. The Labute approximate surface area is 165 Å². The number of carbonyl (C=O) groups excluding carboxylic acids is 1. The second-order valence-electron chi connectivity index (χ2n) is 5.49. The van der Waals surface area contributed by atoms with Crippen LogP contribution in [-0.2, 0) is 13.2 Å². The Balaban J connectivity index is 2.56. The number of nitrogens with two attached hydrogens (primary N) is 1. The summed E-state index contributed by atoms with van der Waals surface area (Å²) < 4.78 is 40.2. The number of halogens is 4. The summed E-state index contributed by atoms with van der Waals surface area (Å²) in [6, 6.07) is 2.34. The average Bonchev–Trinajstić information content (AvgIpc) is 2.57. The topological polar surface area (TPSA) is 81.2 Å². The molecule has 146 valence electrons. The Morgan fingerprint density at radius 2 is 2.04 bits per heavy atom. The van der Waals surface area contributed by atoms with Crippen molar-refractivity contribution in [3.63, 3.8) is 0 Å². The lowest BCUT2D eigenvalue weighted by molar-refractivity contribution is -0.143. The number of anilines is 2. The highest BCUT2D eigenvalue weighted by Crippen LogP contribution is 2.32. The molecule has 11 heteroatoms. The Hall–Kier alpha value is -2.01. The first-order valence-electron chi connectivity index (χ1n) is 7.62. The van der Waals surface area contributed by atoms with Crippen LogP contribution in [0.3, 0.4) is 0 Å². The molecule has 0 radical (unpaired) electrons. The van der Waals surface area contributed by atoms with Gasteiger partial charge in [0.05, 0.1) is 5.69 Å². The van der Waals surface area contributed by atoms with E-state index in [0.29, 0.717) is 25.8 Å². The molecule has 2 aromatic rings. The Bertz CT molecular complexity index is 946. The van der Waals surface area contributed by atoms with E-state index < -0.39 is 29.0 Å².